The molecule has 0 saturated carbocycles. The Hall–Kier alpha value is -1.54. The standard InChI is InChI=1S/C13H12F3NO/c14-13(15,16)10-4-1-3-9(7-10)12-6-2-5-11(8-17)18-12/h1,3-4,7,11-12H,2,5-6H2/t11-,12?/m1/s1. The second-order valence-electron chi connectivity index (χ2n) is 4.30. The van der Waals surface area contributed by atoms with E-state index in [0.29, 0.717) is 18.4 Å². The molecule has 1 unspecified atom stereocenters. The number of hydrogen-bond acceptors (Lipinski definition) is 2. The van der Waals surface area contributed by atoms with E-state index in [-0.39, 0.29) is 0 Å². The third kappa shape index (κ3) is 2.82. The van der Waals surface area contributed by atoms with E-state index in [9.17, 15) is 13.2 Å². The Balaban J connectivity index is 2.21. The van der Waals surface area contributed by atoms with Crippen molar-refractivity contribution in [1.82, 2.24) is 0 Å². The number of nitrogens with zero attached hydrogens (tertiary/aromatic N) is 1. The van der Waals surface area contributed by atoms with Crippen LogP contribution in [0.25, 0.3) is 0 Å². The van der Waals surface area contributed by atoms with Crippen molar-refractivity contribution in [1.29, 1.82) is 5.26 Å². The van der Waals surface area contributed by atoms with E-state index in [1.54, 1.807) is 6.07 Å². The number of rotatable bonds is 1. The van der Waals surface area contributed by atoms with Gasteiger partial charge in [-0.3, -0.25) is 0 Å². The second-order valence-corrected chi connectivity index (χ2v) is 4.30. The molecule has 0 radical (unpaired) electrons. The quantitative estimate of drug-likeness (QED) is 0.763. The van der Waals surface area contributed by atoms with Gasteiger partial charge in [-0.1, -0.05) is 12.1 Å². The minimum Gasteiger partial charge on any atom is -0.355 e. The predicted octanol–water partition coefficient (Wildman–Crippen LogP) is 3.84. The van der Waals surface area contributed by atoms with Crippen LogP contribution in [0.4, 0.5) is 13.2 Å². The van der Waals surface area contributed by atoms with Crippen molar-refractivity contribution in [3.63, 3.8) is 0 Å². The third-order valence-electron chi connectivity index (χ3n) is 2.99. The van der Waals surface area contributed by atoms with Crippen LogP contribution in [0.15, 0.2) is 24.3 Å². The zero-order valence-electron chi connectivity index (χ0n) is 9.57. The molecule has 2 nitrogen and oxygen atoms in total. The monoisotopic (exact) mass is 255 g/mol. The maximum absolute atomic E-state index is 12.6. The lowest BCUT2D eigenvalue weighted by molar-refractivity contribution is -0.137. The van der Waals surface area contributed by atoms with Crippen molar-refractivity contribution in [2.24, 2.45) is 0 Å². The molecule has 1 aromatic rings. The molecule has 2 rings (SSSR count). The topological polar surface area (TPSA) is 33.0 Å². The Morgan fingerprint density at radius 3 is 2.72 bits per heavy atom. The van der Waals surface area contributed by atoms with E-state index in [1.165, 1.54) is 6.07 Å². The average molecular weight is 255 g/mol. The molecule has 0 aliphatic carbocycles. The molecule has 1 fully saturated rings. The largest absolute Gasteiger partial charge is 0.416 e. The Morgan fingerprint density at radius 1 is 1.28 bits per heavy atom. The van der Waals surface area contributed by atoms with Crippen LogP contribution in [-0.2, 0) is 10.9 Å². The lowest BCUT2D eigenvalue weighted by Gasteiger charge is -2.26. The zero-order chi connectivity index (χ0) is 13.2. The molecule has 1 heterocycles. The minimum absolute atomic E-state index is 0.411. The van der Waals surface area contributed by atoms with Crippen molar-refractivity contribution in [3.05, 3.63) is 35.4 Å². The summed E-state index contributed by atoms with van der Waals surface area (Å²) in [5.41, 5.74) is -0.188. The highest BCUT2D eigenvalue weighted by atomic mass is 19.4. The van der Waals surface area contributed by atoms with Crippen molar-refractivity contribution in [2.75, 3.05) is 0 Å². The fraction of sp³-hybridized carbons (Fsp3) is 0.462. The highest BCUT2D eigenvalue weighted by Gasteiger charge is 2.31. The van der Waals surface area contributed by atoms with Gasteiger partial charge in [0.2, 0.25) is 0 Å². The van der Waals surface area contributed by atoms with Crippen LogP contribution in [0.1, 0.15) is 36.5 Å². The molecule has 18 heavy (non-hydrogen) atoms. The minimum atomic E-state index is -4.35. The highest BCUT2D eigenvalue weighted by Crippen LogP contribution is 2.35. The molecule has 1 saturated heterocycles. The zero-order valence-corrected chi connectivity index (χ0v) is 9.57. The van der Waals surface area contributed by atoms with Gasteiger partial charge in [-0.25, -0.2) is 0 Å². The molecule has 5 heteroatoms. The maximum Gasteiger partial charge on any atom is 0.416 e. The van der Waals surface area contributed by atoms with Crippen LogP contribution in [0, 0.1) is 11.3 Å². The molecular weight excluding hydrogens is 243 g/mol. The van der Waals surface area contributed by atoms with Gasteiger partial charge in [0.05, 0.1) is 17.7 Å². The number of alkyl halides is 3. The number of halogens is 3. The van der Waals surface area contributed by atoms with E-state index in [0.717, 1.165) is 18.6 Å². The SMILES string of the molecule is N#C[C@H]1CCCC(c2cccc(C(F)(F)F)c2)O1. The third-order valence-corrected chi connectivity index (χ3v) is 2.99. The first kappa shape index (κ1) is 12.9. The van der Waals surface area contributed by atoms with Crippen molar-refractivity contribution in [2.45, 2.75) is 37.6 Å². The van der Waals surface area contributed by atoms with Crippen molar-refractivity contribution >= 4 is 0 Å². The van der Waals surface area contributed by atoms with Crippen LogP contribution < -0.4 is 0 Å². The summed E-state index contributed by atoms with van der Waals surface area (Å²) >= 11 is 0. The number of hydrogen-bond donors (Lipinski definition) is 0. The summed E-state index contributed by atoms with van der Waals surface area (Å²) in [6.45, 7) is 0. The molecule has 1 aliphatic heterocycles. The highest BCUT2D eigenvalue weighted by molar-refractivity contribution is 5.27. The first-order valence-corrected chi connectivity index (χ1v) is 5.73. The normalized spacial score (nSPS) is 24.6. The smallest absolute Gasteiger partial charge is 0.355 e. The van der Waals surface area contributed by atoms with Gasteiger partial charge in [-0.05, 0) is 37.0 Å². The Morgan fingerprint density at radius 2 is 2.06 bits per heavy atom. The molecule has 96 valence electrons. The van der Waals surface area contributed by atoms with Gasteiger partial charge in [0, 0.05) is 0 Å². The van der Waals surface area contributed by atoms with Crippen LogP contribution in [0.2, 0.25) is 0 Å². The molecule has 0 N–H and O–H groups in total. The fourth-order valence-electron chi connectivity index (χ4n) is 2.08. The van der Waals surface area contributed by atoms with E-state index in [1.807, 2.05) is 6.07 Å². The molecule has 0 amide bonds. The van der Waals surface area contributed by atoms with Gasteiger partial charge in [0.15, 0.2) is 0 Å². The summed E-state index contributed by atoms with van der Waals surface area (Å²) in [6, 6.07) is 7.12. The number of nitriles is 1. The summed E-state index contributed by atoms with van der Waals surface area (Å²) in [6.07, 6.45) is -3.19. The summed E-state index contributed by atoms with van der Waals surface area (Å²) in [5.74, 6) is 0. The molecule has 0 spiro atoms. The lowest BCUT2D eigenvalue weighted by Crippen LogP contribution is -2.21. The van der Waals surface area contributed by atoms with Gasteiger partial charge in [0.1, 0.15) is 6.10 Å². The number of ether oxygens (including phenoxy) is 1. The molecule has 2 atom stereocenters. The Bertz CT molecular complexity index is 464. The first-order chi connectivity index (χ1) is 8.50. The first-order valence-electron chi connectivity index (χ1n) is 5.73. The number of benzene rings is 1. The maximum atomic E-state index is 12.6. The lowest BCUT2D eigenvalue weighted by atomic mass is 9.97. The van der Waals surface area contributed by atoms with E-state index >= 15 is 0 Å². The molecule has 0 bridgehead atoms. The summed E-state index contributed by atoms with van der Waals surface area (Å²) in [4.78, 5) is 0. The molecular formula is C13H12F3NO. The van der Waals surface area contributed by atoms with Crippen LogP contribution in [0.3, 0.4) is 0 Å². The van der Waals surface area contributed by atoms with Crippen LogP contribution in [0.5, 0.6) is 0 Å². The second kappa shape index (κ2) is 4.99. The van der Waals surface area contributed by atoms with Crippen molar-refractivity contribution in [3.8, 4) is 6.07 Å². The van der Waals surface area contributed by atoms with Gasteiger partial charge in [-0.2, -0.15) is 18.4 Å². The molecule has 1 aliphatic rings. The predicted molar refractivity (Wildman–Crippen MR) is 58.5 cm³/mol. The van der Waals surface area contributed by atoms with E-state index in [4.69, 9.17) is 10.00 Å². The summed E-state index contributed by atoms with van der Waals surface area (Å²) < 4.78 is 43.2. The van der Waals surface area contributed by atoms with Crippen molar-refractivity contribution < 1.29 is 17.9 Å². The van der Waals surface area contributed by atoms with Gasteiger partial charge >= 0.3 is 6.18 Å². The van der Waals surface area contributed by atoms with Gasteiger partial charge in [0.25, 0.3) is 0 Å². The van der Waals surface area contributed by atoms with Crippen LogP contribution >= 0.6 is 0 Å². The van der Waals surface area contributed by atoms with Gasteiger partial charge < -0.3 is 4.74 Å². The van der Waals surface area contributed by atoms with E-state index in [2.05, 4.69) is 0 Å². The molecule has 1 aromatic carbocycles. The Kier molecular flexibility index (Phi) is 3.58. The Labute approximate surface area is 103 Å². The molecule has 0 aromatic heterocycles. The van der Waals surface area contributed by atoms with E-state index < -0.39 is 23.9 Å². The average Bonchev–Trinajstić information content (AvgIpc) is 2.38. The summed E-state index contributed by atoms with van der Waals surface area (Å²) in [5, 5.41) is 8.78. The van der Waals surface area contributed by atoms with Crippen LogP contribution in [-0.4, -0.2) is 6.10 Å². The summed E-state index contributed by atoms with van der Waals surface area (Å²) in [7, 11) is 0. The fourth-order valence-corrected chi connectivity index (χ4v) is 2.08. The van der Waals surface area contributed by atoms with Gasteiger partial charge in [-0.15, -0.1) is 0 Å².